The molecular formula is C23H32N2O6. The number of ketones is 1. The zero-order valence-corrected chi connectivity index (χ0v) is 18.1. The van der Waals surface area contributed by atoms with E-state index >= 15 is 0 Å². The summed E-state index contributed by atoms with van der Waals surface area (Å²) in [7, 11) is 1.28. The first-order valence-electron chi connectivity index (χ1n) is 10.8. The molecule has 2 N–H and O–H groups in total. The average Bonchev–Trinajstić information content (AvgIpc) is 2.78. The van der Waals surface area contributed by atoms with Crippen LogP contribution in [0.1, 0.15) is 56.9 Å². The predicted octanol–water partition coefficient (Wildman–Crippen LogP) is 2.89. The fraction of sp³-hybridized carbons (Fsp3) is 0.565. The number of alkyl carbamates (subject to hydrolysis) is 1. The summed E-state index contributed by atoms with van der Waals surface area (Å²) in [4.78, 5) is 47.7. The molecule has 2 atom stereocenters. The molecule has 0 bridgehead atoms. The molecule has 0 aromatic heterocycles. The van der Waals surface area contributed by atoms with Gasteiger partial charge in [-0.3, -0.25) is 9.59 Å². The molecule has 0 spiro atoms. The van der Waals surface area contributed by atoms with Crippen molar-refractivity contribution in [1.82, 2.24) is 10.6 Å². The lowest BCUT2D eigenvalue weighted by Gasteiger charge is -2.28. The first kappa shape index (κ1) is 24.4. The van der Waals surface area contributed by atoms with Crippen molar-refractivity contribution in [3.63, 3.8) is 0 Å². The first-order valence-corrected chi connectivity index (χ1v) is 10.8. The molecule has 0 aliphatic heterocycles. The Morgan fingerprint density at radius 3 is 2.61 bits per heavy atom. The van der Waals surface area contributed by atoms with Crippen molar-refractivity contribution >= 4 is 23.8 Å². The van der Waals surface area contributed by atoms with Crippen LogP contribution >= 0.6 is 0 Å². The minimum Gasteiger partial charge on any atom is -0.467 e. The van der Waals surface area contributed by atoms with Gasteiger partial charge in [-0.05, 0) is 37.2 Å². The maximum absolute atomic E-state index is 12.3. The Morgan fingerprint density at radius 1 is 1.13 bits per heavy atom. The molecule has 8 nitrogen and oxygen atoms in total. The van der Waals surface area contributed by atoms with Crippen LogP contribution in [0, 0.1) is 5.92 Å². The second-order valence-corrected chi connectivity index (χ2v) is 7.76. The molecule has 1 fully saturated rings. The minimum atomic E-state index is -0.775. The zero-order valence-electron chi connectivity index (χ0n) is 18.1. The van der Waals surface area contributed by atoms with Crippen LogP contribution in [-0.2, 0) is 30.5 Å². The Kier molecular flexibility index (Phi) is 10.5. The van der Waals surface area contributed by atoms with Gasteiger partial charge in [0.15, 0.2) is 0 Å². The fourth-order valence-electron chi connectivity index (χ4n) is 3.64. The lowest BCUT2D eigenvalue weighted by molar-refractivity contribution is -0.147. The number of hydrogen-bond acceptors (Lipinski definition) is 6. The Bertz CT molecular complexity index is 737. The average molecular weight is 433 g/mol. The van der Waals surface area contributed by atoms with Gasteiger partial charge in [0.05, 0.1) is 7.11 Å². The van der Waals surface area contributed by atoms with Crippen LogP contribution in [0.25, 0.3) is 0 Å². The van der Waals surface area contributed by atoms with Crippen LogP contribution in [0.15, 0.2) is 30.3 Å². The third kappa shape index (κ3) is 9.19. The number of unbranched alkanes of at least 4 members (excludes halogenated alkanes) is 2. The molecule has 2 amide bonds. The maximum Gasteiger partial charge on any atom is 0.407 e. The highest BCUT2D eigenvalue weighted by molar-refractivity contribution is 5.86. The lowest BCUT2D eigenvalue weighted by Crippen LogP contribution is -2.47. The Morgan fingerprint density at radius 2 is 1.90 bits per heavy atom. The van der Waals surface area contributed by atoms with E-state index in [1.807, 2.05) is 30.3 Å². The van der Waals surface area contributed by atoms with Gasteiger partial charge in [0.1, 0.15) is 18.4 Å². The van der Waals surface area contributed by atoms with Crippen molar-refractivity contribution in [2.45, 2.75) is 64.0 Å². The van der Waals surface area contributed by atoms with E-state index in [9.17, 15) is 19.2 Å². The lowest BCUT2D eigenvalue weighted by atomic mass is 9.83. The van der Waals surface area contributed by atoms with E-state index in [2.05, 4.69) is 10.6 Å². The summed E-state index contributed by atoms with van der Waals surface area (Å²) in [6, 6.07) is 8.66. The number of carbonyl (C=O) groups is 4. The summed E-state index contributed by atoms with van der Waals surface area (Å²) in [6.07, 6.45) is 4.17. The maximum atomic E-state index is 12.3. The molecule has 0 radical (unpaired) electrons. The molecule has 31 heavy (non-hydrogen) atoms. The van der Waals surface area contributed by atoms with Crippen molar-refractivity contribution in [2.24, 2.45) is 5.92 Å². The van der Waals surface area contributed by atoms with Crippen molar-refractivity contribution in [2.75, 3.05) is 13.7 Å². The summed E-state index contributed by atoms with van der Waals surface area (Å²) in [6.45, 7) is 0.686. The van der Waals surface area contributed by atoms with E-state index in [0.717, 1.165) is 24.8 Å². The minimum absolute atomic E-state index is 0.120. The van der Waals surface area contributed by atoms with E-state index in [0.29, 0.717) is 32.2 Å². The van der Waals surface area contributed by atoms with E-state index < -0.39 is 18.1 Å². The first-order chi connectivity index (χ1) is 15.0. The number of esters is 1. The van der Waals surface area contributed by atoms with Crippen LogP contribution in [0.5, 0.6) is 0 Å². The monoisotopic (exact) mass is 432 g/mol. The highest BCUT2D eigenvalue weighted by atomic mass is 16.5. The Labute approximate surface area is 183 Å². The highest BCUT2D eigenvalue weighted by Crippen LogP contribution is 2.25. The van der Waals surface area contributed by atoms with Gasteiger partial charge >= 0.3 is 12.1 Å². The highest BCUT2D eigenvalue weighted by Gasteiger charge is 2.33. The quantitative estimate of drug-likeness (QED) is 0.411. The number of Topliss-reactive ketones (excluding diaryl/α,β-unsaturated/α-hetero) is 1. The van der Waals surface area contributed by atoms with E-state index in [1.165, 1.54) is 7.11 Å². The van der Waals surface area contributed by atoms with Crippen LogP contribution in [0.2, 0.25) is 0 Å². The normalized spacial score (nSPS) is 16.8. The molecule has 0 saturated heterocycles. The molecule has 2 rings (SSSR count). The van der Waals surface area contributed by atoms with Gasteiger partial charge in [-0.15, -0.1) is 0 Å². The van der Waals surface area contributed by atoms with Crippen LogP contribution in [0.4, 0.5) is 4.79 Å². The number of carbonyl (C=O) groups excluding carboxylic acids is 4. The van der Waals surface area contributed by atoms with Gasteiger partial charge in [0, 0.05) is 25.8 Å². The summed E-state index contributed by atoms with van der Waals surface area (Å²) >= 11 is 0. The molecule has 8 heteroatoms. The molecular weight excluding hydrogens is 400 g/mol. The number of ether oxygens (including phenoxy) is 2. The van der Waals surface area contributed by atoms with Crippen molar-refractivity contribution in [1.29, 1.82) is 0 Å². The fourth-order valence-corrected chi connectivity index (χ4v) is 3.64. The van der Waals surface area contributed by atoms with E-state index in [1.54, 1.807) is 0 Å². The third-order valence-electron chi connectivity index (χ3n) is 5.33. The molecule has 1 saturated carbocycles. The van der Waals surface area contributed by atoms with Gasteiger partial charge in [-0.2, -0.15) is 0 Å². The van der Waals surface area contributed by atoms with Crippen LogP contribution < -0.4 is 10.6 Å². The zero-order chi connectivity index (χ0) is 22.5. The van der Waals surface area contributed by atoms with Crippen LogP contribution in [-0.4, -0.2) is 43.4 Å². The third-order valence-corrected chi connectivity index (χ3v) is 5.33. The van der Waals surface area contributed by atoms with Gasteiger partial charge < -0.3 is 20.1 Å². The van der Waals surface area contributed by atoms with Crippen molar-refractivity contribution < 1.29 is 28.7 Å². The van der Waals surface area contributed by atoms with Crippen molar-refractivity contribution in [3.05, 3.63) is 35.9 Å². The number of hydrogen-bond donors (Lipinski definition) is 2. The number of nitrogens with one attached hydrogen (secondary N) is 2. The summed E-state index contributed by atoms with van der Waals surface area (Å²) in [5.74, 6) is -0.826. The van der Waals surface area contributed by atoms with Gasteiger partial charge in [-0.25, -0.2) is 9.59 Å². The molecule has 1 aliphatic rings. The number of benzene rings is 1. The Hall–Kier alpha value is -2.90. The molecule has 170 valence electrons. The standard InChI is InChI=1S/C23H32N2O6/c1-30-22(28)21(18-11-8-12-19(26)15-18)25-20(27)13-6-3-7-14-24-23(29)31-16-17-9-4-2-5-10-17/h2,4-5,9-10,18,21H,3,6-8,11-16H2,1H3,(H,24,29)(H,25,27)/t18-,21-/m0/s1. The molecule has 1 aliphatic carbocycles. The smallest absolute Gasteiger partial charge is 0.407 e. The molecule has 1 aromatic carbocycles. The van der Waals surface area contributed by atoms with Gasteiger partial charge in [-0.1, -0.05) is 36.8 Å². The van der Waals surface area contributed by atoms with E-state index in [4.69, 9.17) is 9.47 Å². The van der Waals surface area contributed by atoms with Crippen LogP contribution in [0.3, 0.4) is 0 Å². The van der Waals surface area contributed by atoms with Gasteiger partial charge in [0.25, 0.3) is 0 Å². The number of amides is 2. The summed E-state index contributed by atoms with van der Waals surface area (Å²) < 4.78 is 9.95. The number of methoxy groups -OCH3 is 1. The number of rotatable bonds is 11. The SMILES string of the molecule is COC(=O)[C@@H](NC(=O)CCCCCNC(=O)OCc1ccccc1)[C@H]1CCCC(=O)C1. The van der Waals surface area contributed by atoms with Crippen molar-refractivity contribution in [3.8, 4) is 0 Å². The predicted molar refractivity (Wildman–Crippen MR) is 114 cm³/mol. The van der Waals surface area contributed by atoms with Gasteiger partial charge in [0.2, 0.25) is 5.91 Å². The summed E-state index contributed by atoms with van der Waals surface area (Å²) in [5, 5.41) is 5.43. The second-order valence-electron chi connectivity index (χ2n) is 7.76. The van der Waals surface area contributed by atoms with E-state index in [-0.39, 0.29) is 30.6 Å². The molecule has 1 aromatic rings. The largest absolute Gasteiger partial charge is 0.467 e. The molecule has 0 heterocycles. The topological polar surface area (TPSA) is 111 Å². The molecule has 0 unspecified atom stereocenters. The summed E-state index contributed by atoms with van der Waals surface area (Å²) in [5.41, 5.74) is 0.923. The second kappa shape index (κ2) is 13.4. The Balaban J connectivity index is 1.59.